The molecule has 2 aliphatic heterocycles. The Kier molecular flexibility index (Phi) is 6.27. The van der Waals surface area contributed by atoms with Crippen LogP contribution in [0.5, 0.6) is 0 Å². The van der Waals surface area contributed by atoms with E-state index in [-0.39, 0.29) is 30.0 Å². The van der Waals surface area contributed by atoms with Crippen LogP contribution in [-0.4, -0.2) is 52.8 Å². The molecule has 0 unspecified atom stereocenters. The summed E-state index contributed by atoms with van der Waals surface area (Å²) in [5.74, 6) is 0.735. The van der Waals surface area contributed by atoms with Gasteiger partial charge in [0.1, 0.15) is 11.5 Å². The first-order valence-corrected chi connectivity index (χ1v) is 10.8. The van der Waals surface area contributed by atoms with E-state index in [1.54, 1.807) is 18.5 Å². The zero-order valence-electron chi connectivity index (χ0n) is 17.6. The first-order chi connectivity index (χ1) is 14.9. The molecule has 7 nitrogen and oxygen atoms in total. The van der Waals surface area contributed by atoms with Gasteiger partial charge in [-0.15, -0.1) is 0 Å². The molecule has 0 aliphatic carbocycles. The van der Waals surface area contributed by atoms with E-state index in [9.17, 15) is 9.18 Å². The number of hydrogen-bond acceptors (Lipinski definition) is 5. The number of aliphatic imine (C=N–C) groups is 1. The Morgan fingerprint density at radius 1 is 1.45 bits per heavy atom. The average molecular weight is 445 g/mol. The second kappa shape index (κ2) is 9.09. The Labute approximate surface area is 185 Å². The predicted molar refractivity (Wildman–Crippen MR) is 121 cm³/mol. The van der Waals surface area contributed by atoms with E-state index < -0.39 is 0 Å². The number of nitrogens with zero attached hydrogens (tertiary/aromatic N) is 3. The van der Waals surface area contributed by atoms with Crippen LogP contribution in [-0.2, 0) is 4.79 Å². The SMILES string of the molecule is CC(C)=CC(=O)N1CCC[C@H](CNC2=C(F)CNC(c3c[nH]c4ncc(Cl)cc34)=N2)C1. The highest BCUT2D eigenvalue weighted by Crippen LogP contribution is 2.23. The van der Waals surface area contributed by atoms with Gasteiger partial charge < -0.3 is 20.5 Å². The number of piperidine rings is 1. The Balaban J connectivity index is 1.45. The lowest BCUT2D eigenvalue weighted by Gasteiger charge is -2.32. The zero-order chi connectivity index (χ0) is 22.0. The van der Waals surface area contributed by atoms with Gasteiger partial charge >= 0.3 is 0 Å². The lowest BCUT2D eigenvalue weighted by atomic mass is 9.97. The highest BCUT2D eigenvalue weighted by Gasteiger charge is 2.24. The van der Waals surface area contributed by atoms with Crippen molar-refractivity contribution in [2.45, 2.75) is 26.7 Å². The van der Waals surface area contributed by atoms with Gasteiger partial charge in [0.05, 0.1) is 11.6 Å². The van der Waals surface area contributed by atoms with E-state index in [4.69, 9.17) is 11.6 Å². The number of aromatic amines is 1. The van der Waals surface area contributed by atoms with Crippen molar-refractivity contribution in [1.29, 1.82) is 0 Å². The molecule has 4 rings (SSSR count). The number of fused-ring (bicyclic) bond motifs is 1. The molecule has 0 saturated carbocycles. The minimum Gasteiger partial charge on any atom is -0.367 e. The maximum atomic E-state index is 14.5. The number of likely N-dealkylation sites (tertiary alicyclic amines) is 1. The standard InChI is InChI=1S/C22H26ClFN6O/c1-13(2)6-19(31)30-5-3-4-14(12-30)8-25-22-18(24)11-28-21(29-22)17-10-27-20-16(17)7-15(23)9-26-20/h6-7,9-10,14,25H,3-5,8,11-12H2,1-2H3,(H,26,27)(H,28,29)/t14-/m1/s1. The van der Waals surface area contributed by atoms with E-state index in [0.29, 0.717) is 29.6 Å². The van der Waals surface area contributed by atoms with Gasteiger partial charge in [0, 0.05) is 49.1 Å². The quantitative estimate of drug-likeness (QED) is 0.616. The molecule has 9 heteroatoms. The van der Waals surface area contributed by atoms with Crippen molar-refractivity contribution in [1.82, 2.24) is 25.5 Å². The molecule has 3 N–H and O–H groups in total. The first-order valence-electron chi connectivity index (χ1n) is 10.4. The molecule has 0 radical (unpaired) electrons. The number of amidine groups is 1. The smallest absolute Gasteiger partial charge is 0.246 e. The molecule has 4 heterocycles. The third-order valence-electron chi connectivity index (χ3n) is 5.45. The molecule has 2 aromatic rings. The molecule has 2 aliphatic rings. The number of carbonyl (C=O) groups is 1. The Morgan fingerprint density at radius 2 is 2.29 bits per heavy atom. The first kappa shape index (κ1) is 21.4. The van der Waals surface area contributed by atoms with Crippen molar-refractivity contribution >= 4 is 34.4 Å². The highest BCUT2D eigenvalue weighted by molar-refractivity contribution is 6.31. The fourth-order valence-electron chi connectivity index (χ4n) is 3.93. The summed E-state index contributed by atoms with van der Waals surface area (Å²) < 4.78 is 14.5. The minimum absolute atomic E-state index is 0.0453. The van der Waals surface area contributed by atoms with Crippen LogP contribution in [0.2, 0.25) is 5.02 Å². The predicted octanol–water partition coefficient (Wildman–Crippen LogP) is 3.50. The van der Waals surface area contributed by atoms with Gasteiger partial charge in [0.2, 0.25) is 5.91 Å². The number of amides is 1. The van der Waals surface area contributed by atoms with Crippen LogP contribution in [0.15, 0.2) is 46.7 Å². The second-order valence-electron chi connectivity index (χ2n) is 8.21. The van der Waals surface area contributed by atoms with Gasteiger partial charge in [-0.25, -0.2) is 14.4 Å². The van der Waals surface area contributed by atoms with Crippen LogP contribution < -0.4 is 10.6 Å². The number of aromatic nitrogens is 2. The summed E-state index contributed by atoms with van der Waals surface area (Å²) in [6, 6.07) is 1.81. The summed E-state index contributed by atoms with van der Waals surface area (Å²) in [4.78, 5) is 26.0. The highest BCUT2D eigenvalue weighted by atomic mass is 35.5. The summed E-state index contributed by atoms with van der Waals surface area (Å²) in [5.41, 5.74) is 2.47. The number of rotatable bonds is 5. The van der Waals surface area contributed by atoms with Gasteiger partial charge in [-0.1, -0.05) is 17.2 Å². The molecule has 1 atom stereocenters. The summed E-state index contributed by atoms with van der Waals surface area (Å²) in [6.07, 6.45) is 6.96. The molecule has 31 heavy (non-hydrogen) atoms. The van der Waals surface area contributed by atoms with Crippen LogP contribution in [0.3, 0.4) is 0 Å². The molecule has 0 aromatic carbocycles. The van der Waals surface area contributed by atoms with E-state index in [0.717, 1.165) is 35.9 Å². The minimum atomic E-state index is -0.340. The molecular weight excluding hydrogens is 419 g/mol. The monoisotopic (exact) mass is 444 g/mol. The molecule has 1 fully saturated rings. The fourth-order valence-corrected chi connectivity index (χ4v) is 4.09. The normalized spacial score (nSPS) is 19.2. The van der Waals surface area contributed by atoms with Crippen LogP contribution in [0.1, 0.15) is 32.3 Å². The Bertz CT molecular complexity index is 1080. The molecule has 1 saturated heterocycles. The molecule has 1 amide bonds. The molecule has 2 aromatic heterocycles. The third-order valence-corrected chi connectivity index (χ3v) is 5.65. The van der Waals surface area contributed by atoms with E-state index in [1.165, 1.54) is 0 Å². The number of nitrogens with one attached hydrogen (secondary N) is 3. The molecule has 164 valence electrons. The van der Waals surface area contributed by atoms with Gasteiger partial charge in [-0.05, 0) is 38.7 Å². The number of carbonyl (C=O) groups excluding carboxylic acids is 1. The van der Waals surface area contributed by atoms with Crippen molar-refractivity contribution < 1.29 is 9.18 Å². The van der Waals surface area contributed by atoms with Crippen LogP contribution in [0, 0.1) is 5.92 Å². The van der Waals surface area contributed by atoms with Crippen molar-refractivity contribution in [3.05, 3.63) is 52.3 Å². The molecule has 0 spiro atoms. The maximum absolute atomic E-state index is 14.5. The lowest BCUT2D eigenvalue weighted by Crippen LogP contribution is -2.42. The van der Waals surface area contributed by atoms with Crippen molar-refractivity contribution in [3.8, 4) is 0 Å². The molecule has 0 bridgehead atoms. The summed E-state index contributed by atoms with van der Waals surface area (Å²) in [7, 11) is 0. The number of hydrogen-bond donors (Lipinski definition) is 3. The van der Waals surface area contributed by atoms with E-state index >= 15 is 0 Å². The largest absolute Gasteiger partial charge is 0.367 e. The third kappa shape index (κ3) is 4.90. The fraction of sp³-hybridized carbons (Fsp3) is 0.409. The topological polar surface area (TPSA) is 85.4 Å². The number of halogens is 2. The van der Waals surface area contributed by atoms with Gasteiger partial charge in [-0.3, -0.25) is 4.79 Å². The molecular formula is C22H26ClFN6O. The Morgan fingerprint density at radius 3 is 3.10 bits per heavy atom. The maximum Gasteiger partial charge on any atom is 0.246 e. The van der Waals surface area contributed by atoms with Crippen LogP contribution in [0.4, 0.5) is 4.39 Å². The van der Waals surface area contributed by atoms with Crippen molar-refractivity contribution in [3.63, 3.8) is 0 Å². The van der Waals surface area contributed by atoms with E-state index in [1.807, 2.05) is 24.8 Å². The second-order valence-corrected chi connectivity index (χ2v) is 8.65. The lowest BCUT2D eigenvalue weighted by molar-refractivity contribution is -0.127. The van der Waals surface area contributed by atoms with Gasteiger partial charge in [0.15, 0.2) is 11.6 Å². The van der Waals surface area contributed by atoms with Crippen LogP contribution in [0.25, 0.3) is 11.0 Å². The van der Waals surface area contributed by atoms with E-state index in [2.05, 4.69) is 25.6 Å². The van der Waals surface area contributed by atoms with Crippen molar-refractivity contribution in [2.24, 2.45) is 10.9 Å². The van der Waals surface area contributed by atoms with Crippen LogP contribution >= 0.6 is 11.6 Å². The number of allylic oxidation sites excluding steroid dienone is 1. The van der Waals surface area contributed by atoms with Gasteiger partial charge in [-0.2, -0.15) is 0 Å². The number of H-pyrrole nitrogens is 1. The zero-order valence-corrected chi connectivity index (χ0v) is 18.4. The Hall–Kier alpha value is -2.87. The summed E-state index contributed by atoms with van der Waals surface area (Å²) in [5, 5.41) is 7.53. The average Bonchev–Trinajstić information content (AvgIpc) is 3.16. The summed E-state index contributed by atoms with van der Waals surface area (Å²) in [6.45, 7) is 5.86. The van der Waals surface area contributed by atoms with Crippen molar-refractivity contribution in [2.75, 3.05) is 26.2 Å². The number of pyridine rings is 1. The summed E-state index contributed by atoms with van der Waals surface area (Å²) >= 11 is 6.09. The van der Waals surface area contributed by atoms with Gasteiger partial charge in [0.25, 0.3) is 0 Å².